The topological polar surface area (TPSA) is 60.5 Å². The van der Waals surface area contributed by atoms with E-state index in [1.54, 1.807) is 6.20 Å². The summed E-state index contributed by atoms with van der Waals surface area (Å²) in [5, 5.41) is 5.77. The van der Waals surface area contributed by atoms with Crippen molar-refractivity contribution in [3.05, 3.63) is 54.2 Å². The Morgan fingerprint density at radius 1 is 1.03 bits per heavy atom. The van der Waals surface area contributed by atoms with Crippen LogP contribution in [0.25, 0.3) is 0 Å². The van der Waals surface area contributed by atoms with Crippen molar-refractivity contribution in [2.45, 2.75) is 38.1 Å². The van der Waals surface area contributed by atoms with E-state index in [0.717, 1.165) is 44.3 Å². The molecule has 2 fully saturated rings. The maximum Gasteiger partial charge on any atom is 0.320 e. The zero-order chi connectivity index (χ0) is 19.9. The molecular weight excluding hydrogens is 362 g/mol. The van der Waals surface area contributed by atoms with Crippen LogP contribution in [0.2, 0.25) is 0 Å². The Hall–Kier alpha value is -2.60. The van der Waals surface area contributed by atoms with Gasteiger partial charge in [-0.3, -0.25) is 10.2 Å². The second kappa shape index (κ2) is 9.74. The summed E-state index contributed by atoms with van der Waals surface area (Å²) in [5.41, 5.74) is 2.34. The van der Waals surface area contributed by atoms with E-state index in [2.05, 4.69) is 37.6 Å². The lowest BCUT2D eigenvalue weighted by molar-refractivity contribution is 0.187. The number of urea groups is 1. The lowest BCUT2D eigenvalue weighted by Gasteiger charge is -2.39. The van der Waals surface area contributed by atoms with Gasteiger partial charge in [0.15, 0.2) is 0 Å². The standard InChI is InChI=1S/C23H31N5O/c29-23(25-12-10-19-6-2-1-3-7-19)26-22-18-21(11-13-24-22)28-16-14-27(15-17-28)20-8-4-5-9-20/h1-3,6-7,11,13,18,20H,4-5,8-10,12,14-17H2,(H2,24,25,26,29). The largest absolute Gasteiger partial charge is 0.369 e. The van der Waals surface area contributed by atoms with Crippen LogP contribution in [0.15, 0.2) is 48.7 Å². The van der Waals surface area contributed by atoms with Gasteiger partial charge in [-0.05, 0) is 30.9 Å². The van der Waals surface area contributed by atoms with E-state index in [0.29, 0.717) is 12.4 Å². The number of carbonyl (C=O) groups excluding carboxylic acids is 1. The third-order valence-corrected chi connectivity index (χ3v) is 6.05. The fourth-order valence-electron chi connectivity index (χ4n) is 4.42. The molecule has 1 aromatic heterocycles. The van der Waals surface area contributed by atoms with Crippen LogP contribution in [0, 0.1) is 0 Å². The highest BCUT2D eigenvalue weighted by atomic mass is 16.2. The second-order valence-corrected chi connectivity index (χ2v) is 7.98. The van der Waals surface area contributed by atoms with Crippen molar-refractivity contribution < 1.29 is 4.79 Å². The third-order valence-electron chi connectivity index (χ3n) is 6.05. The van der Waals surface area contributed by atoms with Crippen LogP contribution >= 0.6 is 0 Å². The Morgan fingerprint density at radius 3 is 2.55 bits per heavy atom. The Morgan fingerprint density at radius 2 is 1.79 bits per heavy atom. The minimum absolute atomic E-state index is 0.211. The molecule has 0 unspecified atom stereocenters. The molecule has 6 heteroatoms. The third kappa shape index (κ3) is 5.48. The Bertz CT molecular complexity index is 783. The Labute approximate surface area is 173 Å². The first-order valence-electron chi connectivity index (χ1n) is 10.8. The van der Waals surface area contributed by atoms with Gasteiger partial charge < -0.3 is 10.2 Å². The first kappa shape index (κ1) is 19.7. The number of hydrogen-bond donors (Lipinski definition) is 2. The fraction of sp³-hybridized carbons (Fsp3) is 0.478. The number of nitrogens with zero attached hydrogens (tertiary/aromatic N) is 3. The van der Waals surface area contributed by atoms with Crippen molar-refractivity contribution in [3.8, 4) is 0 Å². The van der Waals surface area contributed by atoms with E-state index in [1.165, 1.54) is 31.2 Å². The molecule has 1 aliphatic heterocycles. The van der Waals surface area contributed by atoms with Gasteiger partial charge in [-0.1, -0.05) is 43.2 Å². The van der Waals surface area contributed by atoms with Crippen molar-refractivity contribution in [2.24, 2.45) is 0 Å². The zero-order valence-corrected chi connectivity index (χ0v) is 17.0. The van der Waals surface area contributed by atoms with Crippen LogP contribution in [0.1, 0.15) is 31.2 Å². The lowest BCUT2D eigenvalue weighted by atomic mass is 10.1. The summed E-state index contributed by atoms with van der Waals surface area (Å²) in [5.74, 6) is 0.595. The van der Waals surface area contributed by atoms with E-state index in [9.17, 15) is 4.79 Å². The smallest absolute Gasteiger partial charge is 0.320 e. The van der Waals surface area contributed by atoms with Gasteiger partial charge in [-0.15, -0.1) is 0 Å². The zero-order valence-electron chi connectivity index (χ0n) is 17.0. The van der Waals surface area contributed by atoms with Gasteiger partial charge in [0.1, 0.15) is 5.82 Å². The Balaban J connectivity index is 1.24. The van der Waals surface area contributed by atoms with E-state index >= 15 is 0 Å². The fourth-order valence-corrected chi connectivity index (χ4v) is 4.42. The predicted molar refractivity (Wildman–Crippen MR) is 117 cm³/mol. The van der Waals surface area contributed by atoms with Crippen molar-refractivity contribution in [2.75, 3.05) is 42.9 Å². The number of anilines is 2. The molecule has 0 atom stereocenters. The summed E-state index contributed by atoms with van der Waals surface area (Å²) in [6.07, 6.45) is 8.09. The SMILES string of the molecule is O=C(NCCc1ccccc1)Nc1cc(N2CCN(C3CCCC3)CC2)ccn1. The number of nitrogens with one attached hydrogen (secondary N) is 2. The molecule has 0 radical (unpaired) electrons. The second-order valence-electron chi connectivity index (χ2n) is 7.98. The highest BCUT2D eigenvalue weighted by Crippen LogP contribution is 2.26. The van der Waals surface area contributed by atoms with Gasteiger partial charge >= 0.3 is 6.03 Å². The van der Waals surface area contributed by atoms with Crippen LogP contribution in [-0.2, 0) is 6.42 Å². The first-order chi connectivity index (χ1) is 14.3. The highest BCUT2D eigenvalue weighted by Gasteiger charge is 2.26. The average molecular weight is 394 g/mol. The van der Waals surface area contributed by atoms with Gasteiger partial charge in [0.05, 0.1) is 0 Å². The average Bonchev–Trinajstić information content (AvgIpc) is 3.30. The molecule has 0 bridgehead atoms. The number of piperazine rings is 1. The predicted octanol–water partition coefficient (Wildman–Crippen LogP) is 3.51. The molecule has 2 aromatic rings. The summed E-state index contributed by atoms with van der Waals surface area (Å²) in [4.78, 5) is 21.6. The molecule has 0 spiro atoms. The minimum atomic E-state index is -0.211. The van der Waals surface area contributed by atoms with Crippen LogP contribution in [0.5, 0.6) is 0 Å². The van der Waals surface area contributed by atoms with Gasteiger partial charge in [-0.25, -0.2) is 9.78 Å². The van der Waals surface area contributed by atoms with Crippen LogP contribution in [0.4, 0.5) is 16.3 Å². The van der Waals surface area contributed by atoms with Crippen LogP contribution in [0.3, 0.4) is 0 Å². The minimum Gasteiger partial charge on any atom is -0.369 e. The molecule has 2 aliphatic rings. The molecule has 2 amide bonds. The molecule has 6 nitrogen and oxygen atoms in total. The lowest BCUT2D eigenvalue weighted by Crippen LogP contribution is -2.49. The number of carbonyl (C=O) groups is 1. The maximum absolute atomic E-state index is 12.2. The number of rotatable bonds is 6. The first-order valence-corrected chi connectivity index (χ1v) is 10.8. The molecule has 154 valence electrons. The summed E-state index contributed by atoms with van der Waals surface area (Å²) in [6.45, 7) is 4.90. The van der Waals surface area contributed by atoms with E-state index < -0.39 is 0 Å². The monoisotopic (exact) mass is 393 g/mol. The van der Waals surface area contributed by atoms with Crippen molar-refractivity contribution >= 4 is 17.5 Å². The van der Waals surface area contributed by atoms with Crippen molar-refractivity contribution in [1.29, 1.82) is 0 Å². The molecule has 2 heterocycles. The van der Waals surface area contributed by atoms with Gasteiger partial charge in [0, 0.05) is 56.7 Å². The van der Waals surface area contributed by atoms with Gasteiger partial charge in [-0.2, -0.15) is 0 Å². The number of hydrogen-bond acceptors (Lipinski definition) is 4. The number of aromatic nitrogens is 1. The normalized spacial score (nSPS) is 18.0. The van der Waals surface area contributed by atoms with E-state index in [1.807, 2.05) is 30.3 Å². The quantitative estimate of drug-likeness (QED) is 0.788. The molecule has 1 saturated carbocycles. The number of pyridine rings is 1. The van der Waals surface area contributed by atoms with Crippen molar-refractivity contribution in [1.82, 2.24) is 15.2 Å². The molecule has 29 heavy (non-hydrogen) atoms. The maximum atomic E-state index is 12.2. The molecule has 4 rings (SSSR count). The molecular formula is C23H31N5O. The summed E-state index contributed by atoms with van der Waals surface area (Å²) < 4.78 is 0. The Kier molecular flexibility index (Phi) is 6.62. The molecule has 1 aliphatic carbocycles. The van der Waals surface area contributed by atoms with Crippen LogP contribution in [-0.4, -0.2) is 54.7 Å². The van der Waals surface area contributed by atoms with Gasteiger partial charge in [0.25, 0.3) is 0 Å². The molecule has 1 aromatic carbocycles. The van der Waals surface area contributed by atoms with E-state index in [4.69, 9.17) is 0 Å². The summed E-state index contributed by atoms with van der Waals surface area (Å²) in [7, 11) is 0. The van der Waals surface area contributed by atoms with E-state index in [-0.39, 0.29) is 6.03 Å². The number of amides is 2. The number of benzene rings is 1. The van der Waals surface area contributed by atoms with Crippen LogP contribution < -0.4 is 15.5 Å². The summed E-state index contributed by atoms with van der Waals surface area (Å²) in [6, 6.07) is 14.7. The van der Waals surface area contributed by atoms with Gasteiger partial charge in [0.2, 0.25) is 0 Å². The summed E-state index contributed by atoms with van der Waals surface area (Å²) >= 11 is 0. The molecule has 2 N–H and O–H groups in total. The highest BCUT2D eigenvalue weighted by molar-refractivity contribution is 5.88. The van der Waals surface area contributed by atoms with Crippen molar-refractivity contribution in [3.63, 3.8) is 0 Å². The molecule has 1 saturated heterocycles.